The number of benzene rings is 3. The smallest absolute Gasteiger partial charge is 0.247 e. The second kappa shape index (κ2) is 9.59. The van der Waals surface area contributed by atoms with E-state index in [4.69, 9.17) is 14.5 Å². The van der Waals surface area contributed by atoms with Gasteiger partial charge in [0, 0.05) is 32.2 Å². The van der Waals surface area contributed by atoms with E-state index in [9.17, 15) is 8.42 Å². The third kappa shape index (κ3) is 4.44. The number of hydrogen-bond acceptors (Lipinski definition) is 6. The Morgan fingerprint density at radius 2 is 1.57 bits per heavy atom. The Bertz CT molecular complexity index is 1430. The minimum atomic E-state index is -3.75. The lowest BCUT2D eigenvalue weighted by molar-refractivity contribution is 0.369. The highest BCUT2D eigenvalue weighted by molar-refractivity contribution is 7.89. The summed E-state index contributed by atoms with van der Waals surface area (Å²) in [5.41, 5.74) is 3.17. The molecule has 4 aromatic rings. The zero-order valence-corrected chi connectivity index (χ0v) is 20.6. The molecule has 182 valence electrons. The quantitative estimate of drug-likeness (QED) is 0.392. The first kappa shape index (κ1) is 23.2. The van der Waals surface area contributed by atoms with Crippen LogP contribution in [0.4, 0.5) is 5.95 Å². The molecule has 0 aliphatic carbocycles. The summed E-state index contributed by atoms with van der Waals surface area (Å²) in [6.07, 6.45) is 0. The molecule has 5 rings (SSSR count). The number of anilines is 1. The van der Waals surface area contributed by atoms with E-state index in [-0.39, 0.29) is 4.90 Å². The highest BCUT2D eigenvalue weighted by Crippen LogP contribution is 2.32. The summed E-state index contributed by atoms with van der Waals surface area (Å²) in [4.78, 5) is 7.19. The van der Waals surface area contributed by atoms with Crippen LogP contribution in [-0.4, -0.2) is 62.7 Å². The molecule has 1 aliphatic heterocycles. The highest BCUT2D eigenvalue weighted by atomic mass is 32.2. The second-order valence-electron chi connectivity index (χ2n) is 8.38. The molecule has 0 N–H and O–H groups in total. The Kier molecular flexibility index (Phi) is 6.36. The molecule has 9 heteroatoms. The van der Waals surface area contributed by atoms with Gasteiger partial charge in [-0.05, 0) is 29.8 Å². The number of rotatable bonds is 7. The SMILES string of the molecule is COc1ccc(OC)c(S(=O)(=O)N2CCN(c3nc4ccccc4n3Cc3ccccc3)CC2)c1. The summed E-state index contributed by atoms with van der Waals surface area (Å²) in [6, 6.07) is 23.2. The molecule has 0 radical (unpaired) electrons. The molecule has 0 atom stereocenters. The van der Waals surface area contributed by atoms with E-state index in [2.05, 4.69) is 27.7 Å². The van der Waals surface area contributed by atoms with Crippen LogP contribution in [0.5, 0.6) is 11.5 Å². The van der Waals surface area contributed by atoms with E-state index in [0.717, 1.165) is 17.0 Å². The largest absolute Gasteiger partial charge is 0.497 e. The molecule has 0 saturated carbocycles. The van der Waals surface area contributed by atoms with Gasteiger partial charge in [-0.3, -0.25) is 0 Å². The predicted molar refractivity (Wildman–Crippen MR) is 136 cm³/mol. The van der Waals surface area contributed by atoms with E-state index in [1.807, 2.05) is 36.4 Å². The fraction of sp³-hybridized carbons (Fsp3) is 0.269. The van der Waals surface area contributed by atoms with Crippen molar-refractivity contribution in [2.45, 2.75) is 11.4 Å². The number of fused-ring (bicyclic) bond motifs is 1. The predicted octanol–water partition coefficient (Wildman–Crippen LogP) is 3.61. The van der Waals surface area contributed by atoms with Gasteiger partial charge in [-0.2, -0.15) is 4.31 Å². The maximum absolute atomic E-state index is 13.5. The number of para-hydroxylation sites is 2. The van der Waals surface area contributed by atoms with Crippen LogP contribution in [0.3, 0.4) is 0 Å². The van der Waals surface area contributed by atoms with Crippen LogP contribution in [0.15, 0.2) is 77.7 Å². The average molecular weight is 493 g/mol. The Morgan fingerprint density at radius 1 is 0.857 bits per heavy atom. The lowest BCUT2D eigenvalue weighted by atomic mass is 10.2. The molecular weight excluding hydrogens is 464 g/mol. The molecule has 35 heavy (non-hydrogen) atoms. The van der Waals surface area contributed by atoms with Crippen molar-refractivity contribution in [2.75, 3.05) is 45.3 Å². The van der Waals surface area contributed by atoms with E-state index < -0.39 is 10.0 Å². The number of ether oxygens (including phenoxy) is 2. The van der Waals surface area contributed by atoms with Crippen LogP contribution < -0.4 is 14.4 Å². The maximum atomic E-state index is 13.5. The Labute approximate surface area is 205 Å². The first-order chi connectivity index (χ1) is 17.0. The molecule has 1 fully saturated rings. The molecule has 3 aromatic carbocycles. The van der Waals surface area contributed by atoms with Crippen LogP contribution in [0.25, 0.3) is 11.0 Å². The van der Waals surface area contributed by atoms with E-state index in [1.54, 1.807) is 12.1 Å². The van der Waals surface area contributed by atoms with Crippen LogP contribution >= 0.6 is 0 Å². The van der Waals surface area contributed by atoms with Gasteiger partial charge in [0.25, 0.3) is 0 Å². The molecule has 0 bridgehead atoms. The standard InChI is InChI=1S/C26H28N4O4S/c1-33-21-12-13-24(34-2)25(18-21)35(31,32)29-16-14-28(15-17-29)26-27-22-10-6-7-11-23(22)30(26)19-20-8-4-3-5-9-20/h3-13,18H,14-17,19H2,1-2H3. The number of piperazine rings is 1. The summed E-state index contributed by atoms with van der Waals surface area (Å²) in [7, 11) is -0.771. The summed E-state index contributed by atoms with van der Waals surface area (Å²) in [5, 5.41) is 0. The van der Waals surface area contributed by atoms with Gasteiger partial charge in [-0.1, -0.05) is 42.5 Å². The Morgan fingerprint density at radius 3 is 2.29 bits per heavy atom. The third-order valence-electron chi connectivity index (χ3n) is 6.33. The molecule has 2 heterocycles. The fourth-order valence-electron chi connectivity index (χ4n) is 4.48. The van der Waals surface area contributed by atoms with Crippen molar-refractivity contribution in [2.24, 2.45) is 0 Å². The van der Waals surface area contributed by atoms with Crippen molar-refractivity contribution in [1.29, 1.82) is 0 Å². The number of imidazole rings is 1. The Hall–Kier alpha value is -3.56. The molecule has 1 aromatic heterocycles. The Balaban J connectivity index is 1.41. The van der Waals surface area contributed by atoms with Crippen molar-refractivity contribution < 1.29 is 17.9 Å². The number of methoxy groups -OCH3 is 2. The number of hydrogen-bond donors (Lipinski definition) is 0. The lowest BCUT2D eigenvalue weighted by Gasteiger charge is -2.35. The van der Waals surface area contributed by atoms with Gasteiger partial charge < -0.3 is 18.9 Å². The van der Waals surface area contributed by atoms with E-state index in [0.29, 0.717) is 44.2 Å². The van der Waals surface area contributed by atoms with Gasteiger partial charge in [0.1, 0.15) is 16.4 Å². The minimum absolute atomic E-state index is 0.115. The summed E-state index contributed by atoms with van der Waals surface area (Å²) < 4.78 is 41.2. The van der Waals surface area contributed by atoms with Crippen molar-refractivity contribution in [3.63, 3.8) is 0 Å². The van der Waals surface area contributed by atoms with Gasteiger partial charge in [-0.15, -0.1) is 0 Å². The summed E-state index contributed by atoms with van der Waals surface area (Å²) in [6.45, 7) is 2.44. The lowest BCUT2D eigenvalue weighted by Crippen LogP contribution is -2.49. The molecule has 1 aliphatic rings. The second-order valence-corrected chi connectivity index (χ2v) is 10.3. The molecule has 8 nitrogen and oxygen atoms in total. The molecular formula is C26H28N4O4S. The first-order valence-corrected chi connectivity index (χ1v) is 12.9. The summed E-state index contributed by atoms with van der Waals surface area (Å²) >= 11 is 0. The number of sulfonamides is 1. The van der Waals surface area contributed by atoms with E-state index >= 15 is 0 Å². The van der Waals surface area contributed by atoms with Crippen molar-refractivity contribution >= 4 is 27.0 Å². The molecule has 0 unspecified atom stereocenters. The van der Waals surface area contributed by atoms with Gasteiger partial charge in [0.2, 0.25) is 16.0 Å². The maximum Gasteiger partial charge on any atom is 0.247 e. The van der Waals surface area contributed by atoms with Gasteiger partial charge in [0.15, 0.2) is 0 Å². The van der Waals surface area contributed by atoms with Crippen molar-refractivity contribution in [3.05, 3.63) is 78.4 Å². The summed E-state index contributed by atoms with van der Waals surface area (Å²) in [5.74, 6) is 1.63. The monoisotopic (exact) mass is 492 g/mol. The average Bonchev–Trinajstić information content (AvgIpc) is 3.27. The van der Waals surface area contributed by atoms with Crippen LogP contribution in [0.1, 0.15) is 5.56 Å². The number of nitrogens with zero attached hydrogens (tertiary/aromatic N) is 4. The van der Waals surface area contributed by atoms with Crippen LogP contribution in [0.2, 0.25) is 0 Å². The zero-order valence-electron chi connectivity index (χ0n) is 19.8. The van der Waals surface area contributed by atoms with Crippen molar-refractivity contribution in [3.8, 4) is 11.5 Å². The van der Waals surface area contributed by atoms with E-state index in [1.165, 1.54) is 30.2 Å². The van der Waals surface area contributed by atoms with Gasteiger partial charge >= 0.3 is 0 Å². The van der Waals surface area contributed by atoms with Crippen molar-refractivity contribution in [1.82, 2.24) is 13.9 Å². The molecule has 1 saturated heterocycles. The number of aromatic nitrogens is 2. The van der Waals surface area contributed by atoms with Crippen LogP contribution in [0, 0.1) is 0 Å². The van der Waals surface area contributed by atoms with Crippen LogP contribution in [-0.2, 0) is 16.6 Å². The fourth-order valence-corrected chi connectivity index (χ4v) is 6.07. The highest BCUT2D eigenvalue weighted by Gasteiger charge is 2.32. The minimum Gasteiger partial charge on any atom is -0.497 e. The van der Waals surface area contributed by atoms with Gasteiger partial charge in [-0.25, -0.2) is 13.4 Å². The van der Waals surface area contributed by atoms with Gasteiger partial charge in [0.05, 0.1) is 31.8 Å². The first-order valence-electron chi connectivity index (χ1n) is 11.5. The normalized spacial score (nSPS) is 14.9. The topological polar surface area (TPSA) is 76.9 Å². The molecule has 0 amide bonds. The third-order valence-corrected chi connectivity index (χ3v) is 8.25. The zero-order chi connectivity index (χ0) is 24.4. The molecule has 0 spiro atoms.